The maximum atomic E-state index is 12.8. The quantitative estimate of drug-likeness (QED) is 0.315. The summed E-state index contributed by atoms with van der Waals surface area (Å²) >= 11 is 18.2. The van der Waals surface area contributed by atoms with Gasteiger partial charge in [-0.15, -0.1) is 0 Å². The summed E-state index contributed by atoms with van der Waals surface area (Å²) in [7, 11) is 0. The molecule has 0 bridgehead atoms. The maximum absolute atomic E-state index is 12.8. The van der Waals surface area contributed by atoms with Crippen molar-refractivity contribution in [2.45, 2.75) is 13.2 Å². The molecule has 0 aliphatic rings. The number of benzene rings is 3. The van der Waals surface area contributed by atoms with Crippen LogP contribution in [0.25, 0.3) is 0 Å². The van der Waals surface area contributed by atoms with Gasteiger partial charge in [-0.2, -0.15) is 5.10 Å². The third kappa shape index (κ3) is 5.82. The molecular formula is C24H18Cl3N3O2. The standard InChI is InChI=1S/C24H18Cl3N3O2/c25-19-9-7-16(8-10-19)13-30-14-22(27)23(29-30)28-24(31)18-4-1-3-17(11-18)15-32-21-6-2-5-20(26)12-21/h1-12,14H,13,15H2,(H,28,29,31). The lowest BCUT2D eigenvalue weighted by molar-refractivity contribution is 0.102. The second kappa shape index (κ2) is 10.1. The predicted octanol–water partition coefficient (Wildman–Crippen LogP) is 6.72. The van der Waals surface area contributed by atoms with Crippen LogP contribution in [0.1, 0.15) is 21.5 Å². The molecule has 1 aromatic heterocycles. The molecule has 3 aromatic carbocycles. The Labute approximate surface area is 200 Å². The Hall–Kier alpha value is -2.99. The van der Waals surface area contributed by atoms with Crippen molar-refractivity contribution in [2.75, 3.05) is 5.32 Å². The van der Waals surface area contributed by atoms with Gasteiger partial charge in [-0.1, -0.05) is 65.1 Å². The third-order valence-electron chi connectivity index (χ3n) is 4.60. The van der Waals surface area contributed by atoms with E-state index in [4.69, 9.17) is 39.5 Å². The minimum Gasteiger partial charge on any atom is -0.489 e. The zero-order valence-electron chi connectivity index (χ0n) is 16.8. The fraction of sp³-hybridized carbons (Fsp3) is 0.0833. The number of carbonyl (C=O) groups excluding carboxylic acids is 1. The number of rotatable bonds is 7. The Bertz CT molecular complexity index is 1240. The monoisotopic (exact) mass is 485 g/mol. The van der Waals surface area contributed by atoms with Crippen molar-refractivity contribution in [3.05, 3.63) is 111 Å². The number of nitrogens with zero attached hydrogens (tertiary/aromatic N) is 2. The summed E-state index contributed by atoms with van der Waals surface area (Å²) in [6.45, 7) is 0.807. The fourth-order valence-corrected chi connectivity index (χ4v) is 3.55. The Morgan fingerprint density at radius 2 is 1.69 bits per heavy atom. The second-order valence-corrected chi connectivity index (χ2v) is 8.33. The molecule has 162 valence electrons. The Morgan fingerprint density at radius 1 is 0.906 bits per heavy atom. The molecule has 1 heterocycles. The van der Waals surface area contributed by atoms with Crippen LogP contribution in [-0.4, -0.2) is 15.7 Å². The molecule has 1 amide bonds. The van der Waals surface area contributed by atoms with Crippen molar-refractivity contribution in [3.63, 3.8) is 0 Å². The largest absolute Gasteiger partial charge is 0.489 e. The van der Waals surface area contributed by atoms with Gasteiger partial charge < -0.3 is 10.1 Å². The number of anilines is 1. The molecule has 5 nitrogen and oxygen atoms in total. The van der Waals surface area contributed by atoms with Crippen molar-refractivity contribution in [1.82, 2.24) is 9.78 Å². The Morgan fingerprint density at radius 3 is 2.47 bits per heavy atom. The molecule has 4 rings (SSSR count). The molecule has 0 saturated heterocycles. The topological polar surface area (TPSA) is 56.2 Å². The highest BCUT2D eigenvalue weighted by atomic mass is 35.5. The molecule has 0 aliphatic heterocycles. The van der Waals surface area contributed by atoms with Crippen LogP contribution in [0.2, 0.25) is 15.1 Å². The lowest BCUT2D eigenvalue weighted by Gasteiger charge is -2.08. The van der Waals surface area contributed by atoms with Crippen LogP contribution >= 0.6 is 34.8 Å². The van der Waals surface area contributed by atoms with E-state index in [1.807, 2.05) is 42.5 Å². The number of halogens is 3. The van der Waals surface area contributed by atoms with Gasteiger partial charge in [0.05, 0.1) is 6.54 Å². The van der Waals surface area contributed by atoms with E-state index < -0.39 is 0 Å². The molecule has 4 aromatic rings. The number of ether oxygens (including phenoxy) is 1. The van der Waals surface area contributed by atoms with E-state index in [0.717, 1.165) is 11.1 Å². The van der Waals surface area contributed by atoms with Gasteiger partial charge in [-0.25, -0.2) is 0 Å². The minimum atomic E-state index is -0.312. The Balaban J connectivity index is 1.41. The van der Waals surface area contributed by atoms with Crippen molar-refractivity contribution in [1.29, 1.82) is 0 Å². The van der Waals surface area contributed by atoms with E-state index in [2.05, 4.69) is 10.4 Å². The molecule has 0 atom stereocenters. The second-order valence-electron chi connectivity index (χ2n) is 7.05. The van der Waals surface area contributed by atoms with Gasteiger partial charge in [0.25, 0.3) is 5.91 Å². The molecule has 0 radical (unpaired) electrons. The van der Waals surface area contributed by atoms with Crippen molar-refractivity contribution in [3.8, 4) is 5.75 Å². The first-order valence-corrected chi connectivity index (χ1v) is 10.9. The summed E-state index contributed by atoms with van der Waals surface area (Å²) < 4.78 is 7.41. The fourth-order valence-electron chi connectivity index (χ4n) is 3.05. The number of nitrogens with one attached hydrogen (secondary N) is 1. The van der Waals surface area contributed by atoms with E-state index in [1.165, 1.54) is 0 Å². The molecule has 0 saturated carbocycles. The normalized spacial score (nSPS) is 10.7. The highest BCUT2D eigenvalue weighted by molar-refractivity contribution is 6.33. The summed E-state index contributed by atoms with van der Waals surface area (Å²) in [5.41, 5.74) is 2.33. The van der Waals surface area contributed by atoms with Gasteiger partial charge in [0.2, 0.25) is 0 Å². The zero-order valence-corrected chi connectivity index (χ0v) is 19.0. The highest BCUT2D eigenvalue weighted by Gasteiger charge is 2.13. The van der Waals surface area contributed by atoms with E-state index in [1.54, 1.807) is 41.2 Å². The van der Waals surface area contributed by atoms with Gasteiger partial charge in [-0.05, 0) is 53.6 Å². The minimum absolute atomic E-state index is 0.297. The third-order valence-corrected chi connectivity index (χ3v) is 5.36. The van der Waals surface area contributed by atoms with Gasteiger partial charge in [0.1, 0.15) is 17.4 Å². The predicted molar refractivity (Wildman–Crippen MR) is 128 cm³/mol. The maximum Gasteiger partial charge on any atom is 0.256 e. The van der Waals surface area contributed by atoms with Crippen LogP contribution in [0.3, 0.4) is 0 Å². The lowest BCUT2D eigenvalue weighted by Crippen LogP contribution is -2.13. The zero-order chi connectivity index (χ0) is 22.5. The van der Waals surface area contributed by atoms with Crippen molar-refractivity contribution < 1.29 is 9.53 Å². The van der Waals surface area contributed by atoms with Crippen LogP contribution in [0, 0.1) is 0 Å². The molecule has 8 heteroatoms. The number of carbonyl (C=O) groups is 1. The van der Waals surface area contributed by atoms with Gasteiger partial charge >= 0.3 is 0 Å². The first-order valence-electron chi connectivity index (χ1n) is 9.72. The molecule has 1 N–H and O–H groups in total. The first-order chi connectivity index (χ1) is 15.5. The SMILES string of the molecule is O=C(Nc1nn(Cc2ccc(Cl)cc2)cc1Cl)c1cccc(COc2cccc(Cl)c2)c1. The van der Waals surface area contributed by atoms with Crippen LogP contribution in [0.15, 0.2) is 79.0 Å². The van der Waals surface area contributed by atoms with Crippen LogP contribution in [0.5, 0.6) is 5.75 Å². The summed E-state index contributed by atoms with van der Waals surface area (Å²) in [6.07, 6.45) is 1.67. The smallest absolute Gasteiger partial charge is 0.256 e. The summed E-state index contributed by atoms with van der Waals surface area (Å²) in [4.78, 5) is 12.8. The average molecular weight is 487 g/mol. The summed E-state index contributed by atoms with van der Waals surface area (Å²) in [6, 6.07) is 21.8. The van der Waals surface area contributed by atoms with Gasteiger partial charge in [-0.3, -0.25) is 9.48 Å². The van der Waals surface area contributed by atoms with Crippen molar-refractivity contribution >= 4 is 46.5 Å². The molecule has 0 fully saturated rings. The summed E-state index contributed by atoms with van der Waals surface area (Å²) in [5, 5.41) is 8.77. The lowest BCUT2D eigenvalue weighted by atomic mass is 10.1. The number of aromatic nitrogens is 2. The summed E-state index contributed by atoms with van der Waals surface area (Å²) in [5.74, 6) is 0.643. The number of hydrogen-bond acceptors (Lipinski definition) is 3. The molecule has 0 aliphatic carbocycles. The highest BCUT2D eigenvalue weighted by Crippen LogP contribution is 2.22. The van der Waals surface area contributed by atoms with Crippen molar-refractivity contribution in [2.24, 2.45) is 0 Å². The van der Waals surface area contributed by atoms with Crippen LogP contribution < -0.4 is 10.1 Å². The van der Waals surface area contributed by atoms with Gasteiger partial charge in [0.15, 0.2) is 5.82 Å². The van der Waals surface area contributed by atoms with Crippen LogP contribution in [-0.2, 0) is 13.2 Å². The van der Waals surface area contributed by atoms with E-state index >= 15 is 0 Å². The first kappa shape index (κ1) is 22.2. The van der Waals surface area contributed by atoms with Gasteiger partial charge in [0, 0.05) is 21.8 Å². The molecule has 0 unspecified atom stereocenters. The molecule has 32 heavy (non-hydrogen) atoms. The van der Waals surface area contributed by atoms with E-state index in [0.29, 0.717) is 45.4 Å². The molecule has 0 spiro atoms. The number of amides is 1. The van der Waals surface area contributed by atoms with E-state index in [9.17, 15) is 4.79 Å². The Kier molecular flexibility index (Phi) is 7.00. The average Bonchev–Trinajstić information content (AvgIpc) is 3.12. The van der Waals surface area contributed by atoms with Crippen LogP contribution in [0.4, 0.5) is 5.82 Å². The molecular weight excluding hydrogens is 469 g/mol. The number of hydrogen-bond donors (Lipinski definition) is 1. The van der Waals surface area contributed by atoms with E-state index in [-0.39, 0.29) is 5.91 Å².